The molecule has 0 saturated heterocycles. The monoisotopic (exact) mass is 492 g/mol. The average molecular weight is 493 g/mol. The molecule has 182 valence electrons. The topological polar surface area (TPSA) is 78.8 Å². The van der Waals surface area contributed by atoms with Crippen molar-refractivity contribution in [1.29, 1.82) is 0 Å². The van der Waals surface area contributed by atoms with E-state index < -0.39 is 11.7 Å². The van der Waals surface area contributed by atoms with Gasteiger partial charge in [0.05, 0.1) is 31.0 Å². The molecule has 2 heterocycles. The molecular weight excluding hydrogens is 464 g/mol. The summed E-state index contributed by atoms with van der Waals surface area (Å²) in [6.07, 6.45) is -0.684. The number of carbonyl (C=O) groups excluding carboxylic acids is 1. The number of ether oxygens (including phenoxy) is 3. The Bertz CT molecular complexity index is 1400. The summed E-state index contributed by atoms with van der Waals surface area (Å²) < 4.78 is 18.6. The summed E-state index contributed by atoms with van der Waals surface area (Å²) in [5, 5.41) is 4.69. The van der Waals surface area contributed by atoms with Gasteiger partial charge in [-0.3, -0.25) is 10.1 Å². The molecule has 2 aromatic carbocycles. The van der Waals surface area contributed by atoms with Crippen LogP contribution in [-0.2, 0) is 11.3 Å². The third kappa shape index (κ3) is 5.33. The van der Waals surface area contributed by atoms with Crippen LogP contribution >= 0.6 is 11.3 Å². The van der Waals surface area contributed by atoms with Gasteiger partial charge in [0.25, 0.3) is 5.56 Å². The molecule has 0 fully saturated rings. The molecule has 4 aromatic rings. The highest BCUT2D eigenvalue weighted by Crippen LogP contribution is 2.37. The highest BCUT2D eigenvalue weighted by atomic mass is 32.1. The number of thiophene rings is 1. The molecule has 0 spiro atoms. The predicted octanol–water partition coefficient (Wildman–Crippen LogP) is 6.14. The van der Waals surface area contributed by atoms with Crippen molar-refractivity contribution >= 4 is 33.3 Å². The van der Waals surface area contributed by atoms with Crippen LogP contribution in [0.3, 0.4) is 0 Å². The van der Waals surface area contributed by atoms with E-state index in [0.717, 1.165) is 27.1 Å². The van der Waals surface area contributed by atoms with Gasteiger partial charge >= 0.3 is 6.09 Å². The zero-order valence-electron chi connectivity index (χ0n) is 20.4. The fourth-order valence-electron chi connectivity index (χ4n) is 3.79. The van der Waals surface area contributed by atoms with Crippen LogP contribution < -0.4 is 20.3 Å². The molecule has 0 aliphatic carbocycles. The predicted molar refractivity (Wildman–Crippen MR) is 140 cm³/mol. The second kappa shape index (κ2) is 9.84. The Labute approximate surface area is 207 Å². The molecule has 4 rings (SSSR count). The molecule has 35 heavy (non-hydrogen) atoms. The molecule has 2 aromatic heterocycles. The maximum atomic E-state index is 13.9. The second-order valence-electron chi connectivity index (χ2n) is 8.98. The van der Waals surface area contributed by atoms with Crippen molar-refractivity contribution in [2.75, 3.05) is 19.5 Å². The van der Waals surface area contributed by atoms with Gasteiger partial charge in [-0.1, -0.05) is 24.3 Å². The first kappa shape index (κ1) is 24.3. The zero-order chi connectivity index (χ0) is 25.2. The van der Waals surface area contributed by atoms with E-state index in [4.69, 9.17) is 14.2 Å². The smallest absolute Gasteiger partial charge is 0.412 e. The van der Waals surface area contributed by atoms with Gasteiger partial charge in [0.2, 0.25) is 0 Å². The number of hydrogen-bond donors (Lipinski definition) is 1. The van der Waals surface area contributed by atoms with Crippen molar-refractivity contribution in [3.8, 4) is 22.6 Å². The standard InChI is InChI=1S/C27H28N2O5S/c1-27(2,3)34-26(31)28-23-22(18-8-12-20(33-5)13-9-18)24-21(14-15-35-24)29(25(23)30)16-17-6-10-19(32-4)11-7-17/h6-15H,16H2,1-5H3,(H,28,31). The summed E-state index contributed by atoms with van der Waals surface area (Å²) in [5.41, 5.74) is 2.31. The number of benzene rings is 2. The number of fused-ring (bicyclic) bond motifs is 1. The lowest BCUT2D eigenvalue weighted by Gasteiger charge is -2.21. The van der Waals surface area contributed by atoms with Gasteiger partial charge in [-0.15, -0.1) is 11.3 Å². The van der Waals surface area contributed by atoms with Crippen LogP contribution in [0.15, 0.2) is 64.8 Å². The van der Waals surface area contributed by atoms with Crippen molar-refractivity contribution in [1.82, 2.24) is 4.57 Å². The number of nitrogens with one attached hydrogen (secondary N) is 1. The molecule has 0 unspecified atom stereocenters. The molecular formula is C27H28N2O5S. The molecule has 0 atom stereocenters. The maximum Gasteiger partial charge on any atom is 0.412 e. The summed E-state index contributed by atoms with van der Waals surface area (Å²) in [7, 11) is 3.21. The molecule has 1 amide bonds. The lowest BCUT2D eigenvalue weighted by atomic mass is 10.0. The van der Waals surface area contributed by atoms with Crippen molar-refractivity contribution in [2.45, 2.75) is 32.9 Å². The zero-order valence-corrected chi connectivity index (χ0v) is 21.2. The number of anilines is 1. The molecule has 0 saturated carbocycles. The molecule has 0 aliphatic heterocycles. The summed E-state index contributed by atoms with van der Waals surface area (Å²) >= 11 is 1.51. The highest BCUT2D eigenvalue weighted by Gasteiger charge is 2.24. The minimum absolute atomic E-state index is 0.174. The second-order valence-corrected chi connectivity index (χ2v) is 9.90. The number of pyridine rings is 1. The minimum Gasteiger partial charge on any atom is -0.497 e. The van der Waals surface area contributed by atoms with E-state index in [1.807, 2.05) is 60.0 Å². The minimum atomic E-state index is -0.709. The lowest BCUT2D eigenvalue weighted by Crippen LogP contribution is -2.31. The molecule has 0 aliphatic rings. The van der Waals surface area contributed by atoms with Crippen LogP contribution in [0.5, 0.6) is 11.5 Å². The number of nitrogens with zero attached hydrogens (tertiary/aromatic N) is 1. The fourth-order valence-corrected chi connectivity index (χ4v) is 4.76. The van der Waals surface area contributed by atoms with E-state index in [1.165, 1.54) is 11.3 Å². The van der Waals surface area contributed by atoms with Gasteiger partial charge in [0.1, 0.15) is 22.8 Å². The van der Waals surface area contributed by atoms with Crippen LogP contribution in [0.2, 0.25) is 0 Å². The van der Waals surface area contributed by atoms with Crippen molar-refractivity contribution < 1.29 is 19.0 Å². The first-order valence-corrected chi connectivity index (χ1v) is 12.0. The fraction of sp³-hybridized carbons (Fsp3) is 0.259. The first-order valence-electron chi connectivity index (χ1n) is 11.1. The largest absolute Gasteiger partial charge is 0.497 e. The van der Waals surface area contributed by atoms with Gasteiger partial charge in [-0.05, 0) is 67.6 Å². The van der Waals surface area contributed by atoms with Crippen molar-refractivity contribution in [3.63, 3.8) is 0 Å². The van der Waals surface area contributed by atoms with Crippen LogP contribution in [-0.4, -0.2) is 30.5 Å². The first-order chi connectivity index (χ1) is 16.7. The maximum absolute atomic E-state index is 13.9. The Morgan fingerprint density at radius 2 is 1.54 bits per heavy atom. The van der Waals surface area contributed by atoms with E-state index in [2.05, 4.69) is 5.32 Å². The Hall–Kier alpha value is -3.78. The number of amides is 1. The molecule has 7 nitrogen and oxygen atoms in total. The Morgan fingerprint density at radius 1 is 0.943 bits per heavy atom. The van der Waals surface area contributed by atoms with Crippen LogP contribution in [0.1, 0.15) is 26.3 Å². The van der Waals surface area contributed by atoms with Crippen LogP contribution in [0.25, 0.3) is 21.3 Å². The molecule has 0 radical (unpaired) electrons. The van der Waals surface area contributed by atoms with Gasteiger partial charge in [-0.2, -0.15) is 0 Å². The third-order valence-electron chi connectivity index (χ3n) is 5.38. The van der Waals surface area contributed by atoms with Gasteiger partial charge in [0.15, 0.2) is 0 Å². The van der Waals surface area contributed by atoms with Gasteiger partial charge in [-0.25, -0.2) is 4.79 Å². The van der Waals surface area contributed by atoms with E-state index in [-0.39, 0.29) is 11.2 Å². The van der Waals surface area contributed by atoms with E-state index in [0.29, 0.717) is 17.9 Å². The van der Waals surface area contributed by atoms with Gasteiger partial charge in [0, 0.05) is 5.56 Å². The third-order valence-corrected chi connectivity index (χ3v) is 6.30. The summed E-state index contributed by atoms with van der Waals surface area (Å²) in [6, 6.07) is 16.9. The summed E-state index contributed by atoms with van der Waals surface area (Å²) in [6.45, 7) is 5.67. The number of aromatic nitrogens is 1. The average Bonchev–Trinajstić information content (AvgIpc) is 3.30. The summed E-state index contributed by atoms with van der Waals surface area (Å²) in [5.74, 6) is 1.44. The van der Waals surface area contributed by atoms with Crippen LogP contribution in [0, 0.1) is 0 Å². The van der Waals surface area contributed by atoms with Crippen molar-refractivity contribution in [2.24, 2.45) is 0 Å². The Balaban J connectivity index is 1.89. The Kier molecular flexibility index (Phi) is 6.84. The molecule has 8 heteroatoms. The number of methoxy groups -OCH3 is 2. The quantitative estimate of drug-likeness (QED) is 0.350. The number of carbonyl (C=O) groups is 1. The van der Waals surface area contributed by atoms with Gasteiger partial charge < -0.3 is 18.8 Å². The van der Waals surface area contributed by atoms with E-state index in [9.17, 15) is 9.59 Å². The highest BCUT2D eigenvalue weighted by molar-refractivity contribution is 7.17. The molecule has 0 bridgehead atoms. The summed E-state index contributed by atoms with van der Waals surface area (Å²) in [4.78, 5) is 26.6. The normalized spacial score (nSPS) is 11.3. The van der Waals surface area contributed by atoms with E-state index in [1.54, 1.807) is 39.6 Å². The van der Waals surface area contributed by atoms with E-state index >= 15 is 0 Å². The van der Waals surface area contributed by atoms with Crippen molar-refractivity contribution in [3.05, 3.63) is 75.9 Å². The number of hydrogen-bond acceptors (Lipinski definition) is 6. The Morgan fingerprint density at radius 3 is 2.11 bits per heavy atom. The lowest BCUT2D eigenvalue weighted by molar-refractivity contribution is 0.0635. The SMILES string of the molecule is COc1ccc(Cn2c(=O)c(NC(=O)OC(C)(C)C)c(-c3ccc(OC)cc3)c3sccc32)cc1. The number of rotatable bonds is 6. The molecule has 1 N–H and O–H groups in total. The van der Waals surface area contributed by atoms with Crippen LogP contribution in [0.4, 0.5) is 10.5 Å².